The van der Waals surface area contributed by atoms with Crippen molar-refractivity contribution in [3.8, 4) is 0 Å². The topological polar surface area (TPSA) is 53.7 Å². The molecular weight excluding hydrogens is 362 g/mol. The molecule has 3 aromatic rings. The summed E-state index contributed by atoms with van der Waals surface area (Å²) < 4.78 is 1.96. The molecule has 0 unspecified atom stereocenters. The average Bonchev–Trinajstić information content (AvgIpc) is 3.32. The Kier molecular flexibility index (Phi) is 5.62. The van der Waals surface area contributed by atoms with Crippen molar-refractivity contribution in [2.75, 3.05) is 20.6 Å². The van der Waals surface area contributed by atoms with Crippen molar-refractivity contribution in [2.45, 2.75) is 45.2 Å². The van der Waals surface area contributed by atoms with Gasteiger partial charge in [0.2, 0.25) is 5.91 Å². The third kappa shape index (κ3) is 4.17. The first-order chi connectivity index (χ1) is 14.0. The normalized spacial score (nSPS) is 16.8. The van der Waals surface area contributed by atoms with Gasteiger partial charge in [0.15, 0.2) is 5.65 Å². The molecule has 2 aromatic heterocycles. The number of hydrogen-bond donors (Lipinski definition) is 0. The molecule has 0 aliphatic carbocycles. The quantitative estimate of drug-likeness (QED) is 0.646. The van der Waals surface area contributed by atoms with Gasteiger partial charge in [0, 0.05) is 37.3 Å². The number of fused-ring (bicyclic) bond motifs is 1. The number of hydrogen-bond acceptors (Lipinski definition) is 4. The van der Waals surface area contributed by atoms with E-state index in [-0.39, 0.29) is 11.9 Å². The highest BCUT2D eigenvalue weighted by atomic mass is 16.2. The van der Waals surface area contributed by atoms with Gasteiger partial charge in [0.25, 0.3) is 0 Å². The van der Waals surface area contributed by atoms with Crippen molar-refractivity contribution in [1.82, 2.24) is 24.4 Å². The van der Waals surface area contributed by atoms with Crippen molar-refractivity contribution in [2.24, 2.45) is 0 Å². The molecule has 29 heavy (non-hydrogen) atoms. The molecule has 1 fully saturated rings. The maximum atomic E-state index is 13.1. The molecule has 0 bridgehead atoms. The number of benzene rings is 1. The van der Waals surface area contributed by atoms with E-state index in [1.165, 1.54) is 5.56 Å². The van der Waals surface area contributed by atoms with Gasteiger partial charge in [0.1, 0.15) is 0 Å². The summed E-state index contributed by atoms with van der Waals surface area (Å²) in [5.74, 6) is 0.223. The van der Waals surface area contributed by atoms with Gasteiger partial charge in [-0.05, 0) is 45.8 Å². The molecular formula is C23H29N5O. The van der Waals surface area contributed by atoms with Crippen LogP contribution in [-0.2, 0) is 17.8 Å². The second-order valence-corrected chi connectivity index (χ2v) is 8.19. The minimum atomic E-state index is 0.0537. The van der Waals surface area contributed by atoms with Crippen LogP contribution in [0.5, 0.6) is 0 Å². The summed E-state index contributed by atoms with van der Waals surface area (Å²) in [7, 11) is 4.11. The van der Waals surface area contributed by atoms with Crippen LogP contribution in [0.25, 0.3) is 5.65 Å². The SMILES string of the molecule is Cc1cc2ncc(CN(C)C)c([C@@H]3CCCN3C(=O)CCc3ccccc3)n2n1. The maximum Gasteiger partial charge on any atom is 0.223 e. The van der Waals surface area contributed by atoms with Crippen molar-refractivity contribution >= 4 is 11.6 Å². The fraction of sp³-hybridized carbons (Fsp3) is 0.435. The molecule has 1 aliphatic heterocycles. The number of amides is 1. The fourth-order valence-corrected chi connectivity index (χ4v) is 4.31. The molecule has 1 saturated heterocycles. The van der Waals surface area contributed by atoms with Crippen LogP contribution >= 0.6 is 0 Å². The monoisotopic (exact) mass is 391 g/mol. The van der Waals surface area contributed by atoms with Gasteiger partial charge >= 0.3 is 0 Å². The van der Waals surface area contributed by atoms with Crippen LogP contribution in [0.4, 0.5) is 0 Å². The summed E-state index contributed by atoms with van der Waals surface area (Å²) in [5.41, 5.74) is 5.25. The third-order valence-electron chi connectivity index (χ3n) is 5.57. The number of aromatic nitrogens is 3. The summed E-state index contributed by atoms with van der Waals surface area (Å²) in [5, 5.41) is 4.71. The van der Waals surface area contributed by atoms with E-state index >= 15 is 0 Å². The van der Waals surface area contributed by atoms with Crippen molar-refractivity contribution < 1.29 is 4.79 Å². The largest absolute Gasteiger partial charge is 0.334 e. The molecule has 0 saturated carbocycles. The van der Waals surface area contributed by atoms with Gasteiger partial charge < -0.3 is 9.80 Å². The van der Waals surface area contributed by atoms with E-state index in [9.17, 15) is 4.79 Å². The van der Waals surface area contributed by atoms with Crippen molar-refractivity contribution in [1.29, 1.82) is 0 Å². The Morgan fingerprint density at radius 3 is 2.79 bits per heavy atom. The minimum absolute atomic E-state index is 0.0537. The first kappa shape index (κ1) is 19.6. The van der Waals surface area contributed by atoms with Crippen LogP contribution in [0.3, 0.4) is 0 Å². The second-order valence-electron chi connectivity index (χ2n) is 8.19. The van der Waals surface area contributed by atoms with E-state index in [0.717, 1.165) is 55.0 Å². The predicted molar refractivity (Wildman–Crippen MR) is 114 cm³/mol. The highest BCUT2D eigenvalue weighted by molar-refractivity contribution is 5.77. The Balaban J connectivity index is 1.63. The van der Waals surface area contributed by atoms with Crippen LogP contribution in [0.1, 0.15) is 47.8 Å². The Morgan fingerprint density at radius 1 is 1.24 bits per heavy atom. The third-order valence-corrected chi connectivity index (χ3v) is 5.57. The van der Waals surface area contributed by atoms with E-state index in [4.69, 9.17) is 5.10 Å². The molecule has 1 aromatic carbocycles. The van der Waals surface area contributed by atoms with Gasteiger partial charge in [-0.25, -0.2) is 9.50 Å². The van der Waals surface area contributed by atoms with Gasteiger partial charge in [0.05, 0.1) is 17.4 Å². The molecule has 6 heteroatoms. The lowest BCUT2D eigenvalue weighted by atomic mass is 10.0. The summed E-state index contributed by atoms with van der Waals surface area (Å²) >= 11 is 0. The zero-order valence-corrected chi connectivity index (χ0v) is 17.5. The van der Waals surface area contributed by atoms with Crippen LogP contribution in [0, 0.1) is 6.92 Å². The molecule has 4 rings (SSSR count). The van der Waals surface area contributed by atoms with E-state index in [1.807, 2.05) is 41.9 Å². The summed E-state index contributed by atoms with van der Waals surface area (Å²) in [6.45, 7) is 3.57. The molecule has 1 atom stereocenters. The standard InChI is InChI=1S/C23H29N5O/c1-17-14-21-24-15-19(16-26(2)3)23(28(21)25-17)20-10-7-13-27(20)22(29)12-11-18-8-5-4-6-9-18/h4-6,8-9,14-15,20H,7,10-13,16H2,1-3H3/t20-/m0/s1. The zero-order chi connectivity index (χ0) is 20.4. The maximum absolute atomic E-state index is 13.1. The number of carbonyl (C=O) groups excluding carboxylic acids is 1. The van der Waals surface area contributed by atoms with E-state index < -0.39 is 0 Å². The first-order valence-electron chi connectivity index (χ1n) is 10.3. The number of aryl methyl sites for hydroxylation is 2. The molecule has 6 nitrogen and oxygen atoms in total. The molecule has 0 radical (unpaired) electrons. The second kappa shape index (κ2) is 8.33. The lowest BCUT2D eigenvalue weighted by Crippen LogP contribution is -2.33. The number of likely N-dealkylation sites (tertiary alicyclic amines) is 1. The Labute approximate surface area is 172 Å². The van der Waals surface area contributed by atoms with E-state index in [2.05, 4.69) is 41.0 Å². The summed E-state index contributed by atoms with van der Waals surface area (Å²) in [6.07, 6.45) is 5.26. The highest BCUT2D eigenvalue weighted by Crippen LogP contribution is 2.35. The van der Waals surface area contributed by atoms with Crippen LogP contribution in [0.15, 0.2) is 42.6 Å². The fourth-order valence-electron chi connectivity index (χ4n) is 4.31. The van der Waals surface area contributed by atoms with E-state index in [0.29, 0.717) is 6.42 Å². The molecule has 0 spiro atoms. The highest BCUT2D eigenvalue weighted by Gasteiger charge is 2.33. The van der Waals surface area contributed by atoms with Gasteiger partial charge in [-0.1, -0.05) is 30.3 Å². The number of rotatable bonds is 6. The number of carbonyl (C=O) groups is 1. The van der Waals surface area contributed by atoms with Crippen LogP contribution in [-0.4, -0.2) is 50.9 Å². The van der Waals surface area contributed by atoms with Crippen molar-refractivity contribution in [3.63, 3.8) is 0 Å². The Hall–Kier alpha value is -2.73. The Bertz CT molecular complexity index is 995. The van der Waals surface area contributed by atoms with E-state index in [1.54, 1.807) is 0 Å². The molecule has 152 valence electrons. The molecule has 1 amide bonds. The zero-order valence-electron chi connectivity index (χ0n) is 17.5. The first-order valence-corrected chi connectivity index (χ1v) is 10.3. The minimum Gasteiger partial charge on any atom is -0.334 e. The van der Waals surface area contributed by atoms with Gasteiger partial charge in [-0.15, -0.1) is 0 Å². The van der Waals surface area contributed by atoms with Gasteiger partial charge in [-0.2, -0.15) is 5.10 Å². The van der Waals surface area contributed by atoms with Crippen LogP contribution < -0.4 is 0 Å². The molecule has 3 heterocycles. The lowest BCUT2D eigenvalue weighted by Gasteiger charge is -2.28. The van der Waals surface area contributed by atoms with Gasteiger partial charge in [-0.3, -0.25) is 4.79 Å². The Morgan fingerprint density at radius 2 is 2.03 bits per heavy atom. The van der Waals surface area contributed by atoms with Crippen molar-refractivity contribution in [3.05, 3.63) is 65.1 Å². The number of nitrogens with zero attached hydrogens (tertiary/aromatic N) is 5. The molecule has 1 aliphatic rings. The molecule has 0 N–H and O–H groups in total. The lowest BCUT2D eigenvalue weighted by molar-refractivity contribution is -0.132. The predicted octanol–water partition coefficient (Wildman–Crippen LogP) is 3.40. The summed E-state index contributed by atoms with van der Waals surface area (Å²) in [6, 6.07) is 12.3. The summed E-state index contributed by atoms with van der Waals surface area (Å²) in [4.78, 5) is 22.0. The van der Waals surface area contributed by atoms with Crippen LogP contribution in [0.2, 0.25) is 0 Å². The smallest absolute Gasteiger partial charge is 0.223 e. The average molecular weight is 392 g/mol.